The fourth-order valence-corrected chi connectivity index (χ4v) is 3.14. The number of hydrogen-bond donors (Lipinski definition) is 0. The Morgan fingerprint density at radius 2 is 1.75 bits per heavy atom. The zero-order valence-corrected chi connectivity index (χ0v) is 14.6. The molecule has 0 amide bonds. The maximum Gasteiger partial charge on any atom is 0.188 e. The third-order valence-corrected chi connectivity index (χ3v) is 4.50. The van der Waals surface area contributed by atoms with Crippen LogP contribution >= 0.6 is 23.4 Å². The van der Waals surface area contributed by atoms with E-state index in [-0.39, 0.29) is 5.78 Å². The van der Waals surface area contributed by atoms with Gasteiger partial charge in [0, 0.05) is 21.8 Å². The largest absolute Gasteiger partial charge is 0.293 e. The molecule has 2 aromatic carbocycles. The summed E-state index contributed by atoms with van der Waals surface area (Å²) in [6.45, 7) is 1.92. The average molecular weight is 355 g/mol. The van der Waals surface area contributed by atoms with E-state index in [1.807, 2.05) is 67.6 Å². The highest BCUT2D eigenvalue weighted by Crippen LogP contribution is 2.23. The van der Waals surface area contributed by atoms with Crippen molar-refractivity contribution in [1.82, 2.24) is 9.97 Å². The lowest BCUT2D eigenvalue weighted by Gasteiger charge is -2.06. The lowest BCUT2D eigenvalue weighted by Crippen LogP contribution is -2.03. The number of rotatable bonds is 5. The Kier molecular flexibility index (Phi) is 5.28. The maximum atomic E-state index is 12.2. The molecule has 1 aromatic heterocycles. The van der Waals surface area contributed by atoms with Crippen LogP contribution in [-0.4, -0.2) is 21.5 Å². The summed E-state index contributed by atoms with van der Waals surface area (Å²) in [5.74, 6) is 0.381. The van der Waals surface area contributed by atoms with E-state index in [0.717, 1.165) is 17.0 Å². The molecule has 3 rings (SSSR count). The highest BCUT2D eigenvalue weighted by atomic mass is 35.5. The van der Waals surface area contributed by atoms with E-state index in [9.17, 15) is 4.79 Å². The van der Waals surface area contributed by atoms with E-state index in [0.29, 0.717) is 21.5 Å². The normalized spacial score (nSPS) is 10.6. The molecule has 0 atom stereocenters. The van der Waals surface area contributed by atoms with Crippen molar-refractivity contribution in [3.63, 3.8) is 0 Å². The van der Waals surface area contributed by atoms with Crippen LogP contribution in [0.4, 0.5) is 0 Å². The first-order valence-corrected chi connectivity index (χ1v) is 8.81. The van der Waals surface area contributed by atoms with Crippen LogP contribution in [0.3, 0.4) is 0 Å². The standard InChI is InChI=1S/C19H15ClN2OS/c1-13-11-17(14-7-9-16(20)10-8-14)22-19(21-13)24-12-18(23)15-5-3-2-4-6-15/h2-11H,12H2,1H3. The van der Waals surface area contributed by atoms with Crippen molar-refractivity contribution in [3.05, 3.63) is 76.9 Å². The van der Waals surface area contributed by atoms with Crippen molar-refractivity contribution in [2.45, 2.75) is 12.1 Å². The summed E-state index contributed by atoms with van der Waals surface area (Å²) in [5, 5.41) is 1.29. The van der Waals surface area contributed by atoms with Gasteiger partial charge < -0.3 is 0 Å². The molecular weight excluding hydrogens is 340 g/mol. The Morgan fingerprint density at radius 1 is 1.04 bits per heavy atom. The Bertz CT molecular complexity index is 851. The minimum absolute atomic E-state index is 0.0683. The van der Waals surface area contributed by atoms with Crippen LogP contribution in [0.15, 0.2) is 65.8 Å². The van der Waals surface area contributed by atoms with Crippen molar-refractivity contribution in [2.75, 3.05) is 5.75 Å². The smallest absolute Gasteiger partial charge is 0.188 e. The summed E-state index contributed by atoms with van der Waals surface area (Å²) in [6.07, 6.45) is 0. The minimum atomic E-state index is 0.0683. The van der Waals surface area contributed by atoms with Gasteiger partial charge in [0.25, 0.3) is 0 Å². The number of thioether (sulfide) groups is 1. The number of hydrogen-bond acceptors (Lipinski definition) is 4. The van der Waals surface area contributed by atoms with Gasteiger partial charge in [-0.1, -0.05) is 65.8 Å². The van der Waals surface area contributed by atoms with Crippen molar-refractivity contribution in [2.24, 2.45) is 0 Å². The van der Waals surface area contributed by atoms with Gasteiger partial charge in [-0.2, -0.15) is 0 Å². The fraction of sp³-hybridized carbons (Fsp3) is 0.105. The van der Waals surface area contributed by atoms with Crippen LogP contribution in [0.25, 0.3) is 11.3 Å². The van der Waals surface area contributed by atoms with Crippen LogP contribution < -0.4 is 0 Å². The number of halogens is 1. The molecule has 0 fully saturated rings. The molecule has 0 unspecified atom stereocenters. The van der Waals surface area contributed by atoms with Crippen molar-refractivity contribution >= 4 is 29.1 Å². The third-order valence-electron chi connectivity index (χ3n) is 3.40. The van der Waals surface area contributed by atoms with Crippen LogP contribution in [0.1, 0.15) is 16.1 Å². The lowest BCUT2D eigenvalue weighted by molar-refractivity contribution is 0.102. The average Bonchev–Trinajstić information content (AvgIpc) is 2.60. The van der Waals surface area contributed by atoms with Gasteiger partial charge in [0.05, 0.1) is 11.4 Å². The number of benzene rings is 2. The topological polar surface area (TPSA) is 42.9 Å². The van der Waals surface area contributed by atoms with Crippen molar-refractivity contribution in [3.8, 4) is 11.3 Å². The van der Waals surface area contributed by atoms with Gasteiger partial charge in [0.1, 0.15) is 0 Å². The predicted octanol–water partition coefficient (Wildman–Crippen LogP) is 5.08. The number of aryl methyl sites for hydroxylation is 1. The van der Waals surface area contributed by atoms with Gasteiger partial charge in [-0.05, 0) is 25.1 Å². The third kappa shape index (κ3) is 4.22. The number of aromatic nitrogens is 2. The molecule has 0 aliphatic heterocycles. The van der Waals surface area contributed by atoms with E-state index in [2.05, 4.69) is 9.97 Å². The van der Waals surface area contributed by atoms with Crippen molar-refractivity contribution < 1.29 is 4.79 Å². The SMILES string of the molecule is Cc1cc(-c2ccc(Cl)cc2)nc(SCC(=O)c2ccccc2)n1. The predicted molar refractivity (Wildman–Crippen MR) is 98.7 cm³/mol. The van der Waals surface area contributed by atoms with Gasteiger partial charge in [-0.25, -0.2) is 9.97 Å². The van der Waals surface area contributed by atoms with E-state index in [1.165, 1.54) is 11.8 Å². The summed E-state index contributed by atoms with van der Waals surface area (Å²) in [5.41, 5.74) is 3.37. The monoisotopic (exact) mass is 354 g/mol. The molecule has 3 aromatic rings. The summed E-state index contributed by atoms with van der Waals surface area (Å²) >= 11 is 7.28. The molecular formula is C19H15ClN2OS. The number of ketones is 1. The zero-order valence-electron chi connectivity index (χ0n) is 13.1. The van der Waals surface area contributed by atoms with E-state index < -0.39 is 0 Å². The highest BCUT2D eigenvalue weighted by molar-refractivity contribution is 7.99. The molecule has 1 heterocycles. The lowest BCUT2D eigenvalue weighted by atomic mass is 10.1. The molecule has 5 heteroatoms. The van der Waals surface area contributed by atoms with E-state index >= 15 is 0 Å². The Morgan fingerprint density at radius 3 is 2.46 bits per heavy atom. The molecule has 0 aliphatic carbocycles. The molecule has 0 radical (unpaired) electrons. The van der Waals surface area contributed by atoms with Crippen molar-refractivity contribution in [1.29, 1.82) is 0 Å². The molecule has 24 heavy (non-hydrogen) atoms. The van der Waals surface area contributed by atoms with Gasteiger partial charge in [0.2, 0.25) is 0 Å². The first-order valence-electron chi connectivity index (χ1n) is 7.44. The number of nitrogens with zero attached hydrogens (tertiary/aromatic N) is 2. The van der Waals surface area contributed by atoms with Gasteiger partial charge >= 0.3 is 0 Å². The molecule has 0 N–H and O–H groups in total. The second-order valence-corrected chi connectivity index (χ2v) is 6.64. The summed E-state index contributed by atoms with van der Waals surface area (Å²) in [6, 6.07) is 18.7. The van der Waals surface area contributed by atoms with Gasteiger partial charge in [0.15, 0.2) is 10.9 Å². The summed E-state index contributed by atoms with van der Waals surface area (Å²) < 4.78 is 0. The molecule has 0 saturated heterocycles. The number of carbonyl (C=O) groups is 1. The summed E-state index contributed by atoms with van der Waals surface area (Å²) in [4.78, 5) is 21.2. The van der Waals surface area contributed by atoms with E-state index in [1.54, 1.807) is 0 Å². The highest BCUT2D eigenvalue weighted by Gasteiger charge is 2.10. The molecule has 0 aliphatic rings. The molecule has 0 spiro atoms. The summed E-state index contributed by atoms with van der Waals surface area (Å²) in [7, 11) is 0. The van der Waals surface area contributed by atoms with Crippen LogP contribution in [0.2, 0.25) is 5.02 Å². The van der Waals surface area contributed by atoms with Gasteiger partial charge in [-0.3, -0.25) is 4.79 Å². The van der Waals surface area contributed by atoms with Gasteiger partial charge in [-0.15, -0.1) is 0 Å². The Labute approximate surface area is 150 Å². The minimum Gasteiger partial charge on any atom is -0.293 e. The molecule has 3 nitrogen and oxygen atoms in total. The van der Waals surface area contributed by atoms with Crippen LogP contribution in [0, 0.1) is 6.92 Å². The molecule has 0 bridgehead atoms. The second-order valence-electron chi connectivity index (χ2n) is 5.26. The Hall–Kier alpha value is -2.17. The maximum absolute atomic E-state index is 12.2. The first-order chi connectivity index (χ1) is 11.6. The molecule has 0 saturated carbocycles. The second kappa shape index (κ2) is 7.60. The quantitative estimate of drug-likeness (QED) is 0.364. The Balaban J connectivity index is 1.77. The van der Waals surface area contributed by atoms with Crippen LogP contribution in [0.5, 0.6) is 0 Å². The van der Waals surface area contributed by atoms with Crippen LogP contribution in [-0.2, 0) is 0 Å². The zero-order chi connectivity index (χ0) is 16.9. The molecule has 120 valence electrons. The number of carbonyl (C=O) groups excluding carboxylic acids is 1. The number of Topliss-reactive ketones (excluding diaryl/α,β-unsaturated/α-hetero) is 1. The van der Waals surface area contributed by atoms with E-state index in [4.69, 9.17) is 11.6 Å². The fourth-order valence-electron chi connectivity index (χ4n) is 2.21. The first kappa shape index (κ1) is 16.7.